The number of fused-ring (bicyclic) bond motifs is 5. The van der Waals surface area contributed by atoms with Crippen LogP contribution in [-0.2, 0) is 5.41 Å². The molecule has 0 spiro atoms. The first kappa shape index (κ1) is 27.2. The molecule has 2 aromatic heterocycles. The van der Waals surface area contributed by atoms with E-state index in [2.05, 4.69) is 74.5 Å². The van der Waals surface area contributed by atoms with Crippen molar-refractivity contribution in [3.05, 3.63) is 102 Å². The molecule has 5 heteroatoms. The van der Waals surface area contributed by atoms with Crippen LogP contribution < -0.4 is 0 Å². The van der Waals surface area contributed by atoms with Crippen LogP contribution in [-0.4, -0.2) is 15.0 Å². The van der Waals surface area contributed by atoms with Crippen molar-refractivity contribution in [3.8, 4) is 40.2 Å². The second-order valence-electron chi connectivity index (χ2n) is 13.3. The number of thiophene rings is 1. The normalized spacial score (nSPS) is 23.1. The first-order chi connectivity index (χ1) is 21.5. The second kappa shape index (κ2) is 10.6. The Balaban J connectivity index is 1.21. The summed E-state index contributed by atoms with van der Waals surface area (Å²) in [5.41, 5.74) is 5.41. The van der Waals surface area contributed by atoms with E-state index < -0.39 is 0 Å². The summed E-state index contributed by atoms with van der Waals surface area (Å²) in [6.07, 6.45) is 6.67. The SMILES string of the molecule is C[C@@H]1C[C@@H]2C[C@H](C)CC(c3ccc(-c4nc(-c5ccccc5)nc(-c5ccc6c(c5)sc5cc(C#N)ccc56)n4)cc3)(C1)C2. The minimum Gasteiger partial charge on any atom is -0.208 e. The zero-order chi connectivity index (χ0) is 29.8. The highest BCUT2D eigenvalue weighted by atomic mass is 32.1. The van der Waals surface area contributed by atoms with Crippen molar-refractivity contribution < 1.29 is 0 Å². The summed E-state index contributed by atoms with van der Waals surface area (Å²) in [5.74, 6) is 4.46. The lowest BCUT2D eigenvalue weighted by atomic mass is 9.54. The van der Waals surface area contributed by atoms with E-state index in [1.54, 1.807) is 11.3 Å². The average Bonchev–Trinajstić information content (AvgIpc) is 3.41. The summed E-state index contributed by atoms with van der Waals surface area (Å²) in [7, 11) is 0. The summed E-state index contributed by atoms with van der Waals surface area (Å²) < 4.78 is 2.27. The molecule has 2 heterocycles. The predicted octanol–water partition coefficient (Wildman–Crippen LogP) is 10.2. The van der Waals surface area contributed by atoms with Gasteiger partial charge in [0.05, 0.1) is 11.6 Å². The highest BCUT2D eigenvalue weighted by molar-refractivity contribution is 7.25. The Morgan fingerprint density at radius 3 is 1.89 bits per heavy atom. The third-order valence-electron chi connectivity index (χ3n) is 9.91. The maximum atomic E-state index is 9.38. The Morgan fingerprint density at radius 1 is 0.659 bits per heavy atom. The number of aromatic nitrogens is 3. The molecule has 1 unspecified atom stereocenters. The first-order valence-electron chi connectivity index (χ1n) is 15.8. The summed E-state index contributed by atoms with van der Waals surface area (Å²) in [6.45, 7) is 4.89. The van der Waals surface area contributed by atoms with Gasteiger partial charge >= 0.3 is 0 Å². The van der Waals surface area contributed by atoms with Gasteiger partial charge in [-0.05, 0) is 79.0 Å². The maximum absolute atomic E-state index is 9.38. The standard InChI is InChI=1S/C39H34N4S/c1-24-16-27-17-25(2)21-39(20-24,22-27)31-12-9-29(10-13-31)37-41-36(28-6-4-3-5-7-28)42-38(43-37)30-11-15-33-32-14-8-26(23-40)18-34(32)44-35(33)19-30/h3-15,18-19,24-25,27H,16-17,20-22H2,1-2H3/t24-,25+,27-,39?. The van der Waals surface area contributed by atoms with Crippen LogP contribution in [0.1, 0.15) is 57.1 Å². The summed E-state index contributed by atoms with van der Waals surface area (Å²) in [5, 5.41) is 11.7. The van der Waals surface area contributed by atoms with Gasteiger partial charge in [0.1, 0.15) is 0 Å². The lowest BCUT2D eigenvalue weighted by molar-refractivity contribution is 0.0780. The van der Waals surface area contributed by atoms with Crippen LogP contribution in [0.15, 0.2) is 91.0 Å². The number of hydrogen-bond donors (Lipinski definition) is 0. The third-order valence-corrected chi connectivity index (χ3v) is 11.0. The predicted molar refractivity (Wildman–Crippen MR) is 180 cm³/mol. The Bertz CT molecular complexity index is 2040. The van der Waals surface area contributed by atoms with E-state index in [-0.39, 0.29) is 0 Å². The van der Waals surface area contributed by atoms with E-state index in [1.807, 2.05) is 36.4 Å². The number of benzene rings is 4. The van der Waals surface area contributed by atoms with Crippen LogP contribution in [0, 0.1) is 29.1 Å². The molecule has 2 fully saturated rings. The van der Waals surface area contributed by atoms with E-state index in [0.29, 0.717) is 28.5 Å². The molecule has 4 aromatic carbocycles. The Kier molecular flexibility index (Phi) is 6.57. The molecule has 216 valence electrons. The molecule has 44 heavy (non-hydrogen) atoms. The maximum Gasteiger partial charge on any atom is 0.164 e. The minimum atomic E-state index is 0.297. The Morgan fingerprint density at radius 2 is 1.23 bits per heavy atom. The fourth-order valence-electron chi connectivity index (χ4n) is 8.37. The number of nitrogens with zero attached hydrogens (tertiary/aromatic N) is 4. The molecule has 4 atom stereocenters. The molecule has 0 N–H and O–H groups in total. The number of rotatable bonds is 4. The van der Waals surface area contributed by atoms with Crippen LogP contribution in [0.5, 0.6) is 0 Å². The van der Waals surface area contributed by atoms with Gasteiger partial charge in [-0.1, -0.05) is 86.6 Å². The average molecular weight is 591 g/mol. The largest absolute Gasteiger partial charge is 0.208 e. The van der Waals surface area contributed by atoms with Crippen LogP contribution >= 0.6 is 11.3 Å². The number of nitriles is 1. The van der Waals surface area contributed by atoms with Crippen LogP contribution in [0.4, 0.5) is 0 Å². The van der Waals surface area contributed by atoms with Crippen molar-refractivity contribution in [1.82, 2.24) is 15.0 Å². The van der Waals surface area contributed by atoms with Gasteiger partial charge in [-0.15, -0.1) is 11.3 Å². The lowest BCUT2D eigenvalue weighted by Gasteiger charge is -2.50. The minimum absolute atomic E-state index is 0.297. The zero-order valence-corrected chi connectivity index (χ0v) is 25.9. The fraction of sp³-hybridized carbons (Fsp3) is 0.282. The summed E-state index contributed by atoms with van der Waals surface area (Å²) in [6, 6.07) is 33.9. The van der Waals surface area contributed by atoms with Gasteiger partial charge in [0.25, 0.3) is 0 Å². The van der Waals surface area contributed by atoms with Crippen molar-refractivity contribution in [1.29, 1.82) is 5.26 Å². The van der Waals surface area contributed by atoms with Gasteiger partial charge in [-0.3, -0.25) is 0 Å². The molecular formula is C39H34N4S. The van der Waals surface area contributed by atoms with Crippen molar-refractivity contribution >= 4 is 31.5 Å². The van der Waals surface area contributed by atoms with Crippen LogP contribution in [0.3, 0.4) is 0 Å². The molecular weight excluding hydrogens is 557 g/mol. The lowest BCUT2D eigenvalue weighted by Crippen LogP contribution is -2.42. The van der Waals surface area contributed by atoms with Crippen molar-refractivity contribution in [2.75, 3.05) is 0 Å². The van der Waals surface area contributed by atoms with Gasteiger partial charge < -0.3 is 0 Å². The van der Waals surface area contributed by atoms with Gasteiger partial charge in [0.2, 0.25) is 0 Å². The smallest absolute Gasteiger partial charge is 0.164 e. The monoisotopic (exact) mass is 590 g/mol. The fourth-order valence-corrected chi connectivity index (χ4v) is 9.55. The van der Waals surface area contributed by atoms with Gasteiger partial charge in [0.15, 0.2) is 17.5 Å². The molecule has 2 aliphatic carbocycles. The molecule has 6 aromatic rings. The Hall–Kier alpha value is -4.40. The first-order valence-corrected chi connectivity index (χ1v) is 16.6. The highest BCUT2D eigenvalue weighted by Gasteiger charge is 2.45. The molecule has 8 rings (SSSR count). The van der Waals surface area contributed by atoms with Crippen LogP contribution in [0.2, 0.25) is 0 Å². The molecule has 4 nitrogen and oxygen atoms in total. The van der Waals surface area contributed by atoms with Crippen molar-refractivity contribution in [2.24, 2.45) is 17.8 Å². The van der Waals surface area contributed by atoms with E-state index in [4.69, 9.17) is 15.0 Å². The molecule has 0 saturated heterocycles. The topological polar surface area (TPSA) is 62.5 Å². The third kappa shape index (κ3) is 4.78. The van der Waals surface area contributed by atoms with E-state index in [9.17, 15) is 5.26 Å². The molecule has 2 saturated carbocycles. The van der Waals surface area contributed by atoms with Gasteiger partial charge in [-0.25, -0.2) is 15.0 Å². The molecule has 0 radical (unpaired) electrons. The molecule has 0 aliphatic heterocycles. The number of hydrogen-bond acceptors (Lipinski definition) is 5. The van der Waals surface area contributed by atoms with Crippen LogP contribution in [0.25, 0.3) is 54.3 Å². The molecule has 0 amide bonds. The summed E-state index contributed by atoms with van der Waals surface area (Å²) in [4.78, 5) is 15.0. The van der Waals surface area contributed by atoms with E-state index >= 15 is 0 Å². The Labute approximate surface area is 262 Å². The zero-order valence-electron chi connectivity index (χ0n) is 25.1. The quantitative estimate of drug-likeness (QED) is 0.205. The van der Waals surface area contributed by atoms with Crippen molar-refractivity contribution in [3.63, 3.8) is 0 Å². The van der Waals surface area contributed by atoms with E-state index in [0.717, 1.165) is 43.8 Å². The molecule has 2 aliphatic rings. The second-order valence-corrected chi connectivity index (χ2v) is 14.4. The van der Waals surface area contributed by atoms with Crippen molar-refractivity contribution in [2.45, 2.75) is 51.4 Å². The molecule has 2 bridgehead atoms. The van der Waals surface area contributed by atoms with E-state index in [1.165, 1.54) is 48.4 Å². The van der Waals surface area contributed by atoms with Gasteiger partial charge in [-0.2, -0.15) is 5.26 Å². The highest BCUT2D eigenvalue weighted by Crippen LogP contribution is 2.54. The van der Waals surface area contributed by atoms with Gasteiger partial charge in [0, 0.05) is 36.9 Å². The summed E-state index contributed by atoms with van der Waals surface area (Å²) >= 11 is 1.70.